The number of amides is 3. The SMILES string of the molecule is CCCC(NC(=O)C(C)(C)N)C(=O)Nc1cn(C(C(=O)N2CCCC2)c2ccccc2)cn1. The molecule has 1 saturated heterocycles. The smallest absolute Gasteiger partial charge is 0.250 e. The van der Waals surface area contributed by atoms with Gasteiger partial charge in [-0.3, -0.25) is 14.4 Å². The van der Waals surface area contributed by atoms with Crippen molar-refractivity contribution >= 4 is 23.5 Å². The first kappa shape index (κ1) is 24.4. The lowest BCUT2D eigenvalue weighted by molar-refractivity contribution is -0.132. The molecule has 1 aliphatic heterocycles. The van der Waals surface area contributed by atoms with Crippen molar-refractivity contribution in [2.24, 2.45) is 5.73 Å². The summed E-state index contributed by atoms with van der Waals surface area (Å²) in [7, 11) is 0. The lowest BCUT2D eigenvalue weighted by Gasteiger charge is -2.24. The molecule has 1 aromatic heterocycles. The number of rotatable bonds is 9. The Morgan fingerprint density at radius 1 is 1.15 bits per heavy atom. The van der Waals surface area contributed by atoms with E-state index in [0.717, 1.165) is 31.5 Å². The van der Waals surface area contributed by atoms with Crippen molar-refractivity contribution in [2.75, 3.05) is 18.4 Å². The van der Waals surface area contributed by atoms with Crippen LogP contribution in [0.1, 0.15) is 58.1 Å². The fourth-order valence-electron chi connectivity index (χ4n) is 3.85. The van der Waals surface area contributed by atoms with Crippen molar-refractivity contribution in [3.05, 3.63) is 48.4 Å². The highest BCUT2D eigenvalue weighted by Crippen LogP contribution is 2.24. The van der Waals surface area contributed by atoms with Gasteiger partial charge in [-0.05, 0) is 38.7 Å². The fourth-order valence-corrected chi connectivity index (χ4v) is 3.85. The van der Waals surface area contributed by atoms with Crippen LogP contribution in [0.15, 0.2) is 42.9 Å². The second kappa shape index (κ2) is 10.6. The maximum Gasteiger partial charge on any atom is 0.250 e. The van der Waals surface area contributed by atoms with Crippen LogP contribution in [0.3, 0.4) is 0 Å². The molecule has 2 atom stereocenters. The molecule has 3 amide bonds. The van der Waals surface area contributed by atoms with Crippen molar-refractivity contribution in [2.45, 2.75) is 64.1 Å². The van der Waals surface area contributed by atoms with E-state index >= 15 is 0 Å². The minimum atomic E-state index is -1.09. The standard InChI is InChI=1S/C24H34N6O3/c1-4-10-18(27-23(33)24(2,3)25)21(31)28-19-15-30(16-26-19)20(17-11-6-5-7-12-17)22(32)29-13-8-9-14-29/h5-7,11-12,15-16,18,20H,4,8-10,13-14,25H2,1-3H3,(H,27,33)(H,28,31). The van der Waals surface area contributed by atoms with E-state index in [0.29, 0.717) is 18.7 Å². The van der Waals surface area contributed by atoms with Crippen LogP contribution in [0.5, 0.6) is 0 Å². The number of aromatic nitrogens is 2. The molecular weight excluding hydrogens is 420 g/mol. The van der Waals surface area contributed by atoms with Crippen molar-refractivity contribution in [1.29, 1.82) is 0 Å². The fraction of sp³-hybridized carbons (Fsp3) is 0.500. The number of nitrogens with two attached hydrogens (primary N) is 1. The van der Waals surface area contributed by atoms with Gasteiger partial charge < -0.3 is 25.8 Å². The van der Waals surface area contributed by atoms with Crippen molar-refractivity contribution in [3.8, 4) is 0 Å². The number of carbonyl (C=O) groups is 3. The normalized spacial score (nSPS) is 15.7. The molecule has 33 heavy (non-hydrogen) atoms. The molecule has 178 valence electrons. The van der Waals surface area contributed by atoms with Gasteiger partial charge in [0.15, 0.2) is 5.82 Å². The maximum absolute atomic E-state index is 13.3. The molecule has 1 aromatic carbocycles. The molecule has 2 unspecified atom stereocenters. The van der Waals surface area contributed by atoms with Crippen molar-refractivity contribution in [3.63, 3.8) is 0 Å². The summed E-state index contributed by atoms with van der Waals surface area (Å²) < 4.78 is 1.72. The van der Waals surface area contributed by atoms with Gasteiger partial charge in [0.25, 0.3) is 0 Å². The molecule has 1 aliphatic rings. The summed E-state index contributed by atoms with van der Waals surface area (Å²) in [5.74, 6) is -0.448. The second-order valence-corrected chi connectivity index (χ2v) is 9.08. The van der Waals surface area contributed by atoms with E-state index in [4.69, 9.17) is 5.73 Å². The summed E-state index contributed by atoms with van der Waals surface area (Å²) in [6.45, 7) is 6.61. The largest absolute Gasteiger partial charge is 0.343 e. The summed E-state index contributed by atoms with van der Waals surface area (Å²) >= 11 is 0. The third kappa shape index (κ3) is 6.19. The van der Waals surface area contributed by atoms with E-state index in [-0.39, 0.29) is 11.8 Å². The first-order valence-electron chi connectivity index (χ1n) is 11.5. The quantitative estimate of drug-likeness (QED) is 0.535. The van der Waals surface area contributed by atoms with E-state index in [1.807, 2.05) is 42.2 Å². The van der Waals surface area contributed by atoms with Crippen LogP contribution in [0, 0.1) is 0 Å². The number of nitrogens with one attached hydrogen (secondary N) is 2. The molecule has 0 saturated carbocycles. The molecule has 9 heteroatoms. The van der Waals surface area contributed by atoms with Gasteiger partial charge in [-0.1, -0.05) is 43.7 Å². The first-order valence-corrected chi connectivity index (χ1v) is 11.5. The van der Waals surface area contributed by atoms with Crippen molar-refractivity contribution < 1.29 is 14.4 Å². The van der Waals surface area contributed by atoms with Gasteiger partial charge in [-0.25, -0.2) is 4.98 Å². The Morgan fingerprint density at radius 3 is 2.42 bits per heavy atom. The van der Waals surface area contributed by atoms with Crippen LogP contribution in [0.25, 0.3) is 0 Å². The molecule has 2 aromatic rings. The van der Waals surface area contributed by atoms with E-state index in [1.165, 1.54) is 0 Å². The van der Waals surface area contributed by atoms with E-state index < -0.39 is 23.5 Å². The monoisotopic (exact) mass is 454 g/mol. The average molecular weight is 455 g/mol. The summed E-state index contributed by atoms with van der Waals surface area (Å²) in [5.41, 5.74) is 5.61. The maximum atomic E-state index is 13.3. The Balaban J connectivity index is 1.78. The molecule has 3 rings (SSSR count). The molecule has 0 spiro atoms. The molecular formula is C24H34N6O3. The third-order valence-electron chi connectivity index (χ3n) is 5.70. The van der Waals surface area contributed by atoms with Crippen LogP contribution in [0.2, 0.25) is 0 Å². The summed E-state index contributed by atoms with van der Waals surface area (Å²) in [6, 6.07) is 8.24. The predicted molar refractivity (Wildman–Crippen MR) is 126 cm³/mol. The van der Waals surface area contributed by atoms with Crippen LogP contribution < -0.4 is 16.4 Å². The van der Waals surface area contributed by atoms with Gasteiger partial charge in [0.2, 0.25) is 17.7 Å². The minimum absolute atomic E-state index is 0.00952. The Morgan fingerprint density at radius 2 is 1.82 bits per heavy atom. The minimum Gasteiger partial charge on any atom is -0.343 e. The van der Waals surface area contributed by atoms with Gasteiger partial charge in [-0.2, -0.15) is 0 Å². The van der Waals surface area contributed by atoms with Gasteiger partial charge in [0.05, 0.1) is 11.9 Å². The summed E-state index contributed by atoms with van der Waals surface area (Å²) in [4.78, 5) is 44.6. The van der Waals surface area contributed by atoms with Crippen LogP contribution in [-0.2, 0) is 14.4 Å². The number of carbonyl (C=O) groups excluding carboxylic acids is 3. The van der Waals surface area contributed by atoms with Crippen LogP contribution in [-0.4, -0.2) is 56.8 Å². The summed E-state index contributed by atoms with van der Waals surface area (Å²) in [5, 5.41) is 5.48. The second-order valence-electron chi connectivity index (χ2n) is 9.08. The first-order chi connectivity index (χ1) is 15.7. The highest BCUT2D eigenvalue weighted by Gasteiger charge is 2.30. The van der Waals surface area contributed by atoms with Gasteiger partial charge in [0, 0.05) is 19.3 Å². The number of hydrogen-bond acceptors (Lipinski definition) is 5. The Labute approximate surface area is 194 Å². The highest BCUT2D eigenvalue weighted by molar-refractivity contribution is 5.97. The number of likely N-dealkylation sites (tertiary alicyclic amines) is 1. The molecule has 2 heterocycles. The van der Waals surface area contributed by atoms with Gasteiger partial charge in [-0.15, -0.1) is 0 Å². The molecule has 0 bridgehead atoms. The molecule has 0 radical (unpaired) electrons. The van der Waals surface area contributed by atoms with Gasteiger partial charge >= 0.3 is 0 Å². The zero-order chi connectivity index (χ0) is 24.0. The lowest BCUT2D eigenvalue weighted by Crippen LogP contribution is -2.54. The number of imidazole rings is 1. The van der Waals surface area contributed by atoms with Crippen molar-refractivity contribution in [1.82, 2.24) is 19.8 Å². The number of nitrogens with zero attached hydrogens (tertiary/aromatic N) is 3. The highest BCUT2D eigenvalue weighted by atomic mass is 16.2. The Hall–Kier alpha value is -3.20. The Kier molecular flexibility index (Phi) is 7.86. The van der Waals surface area contributed by atoms with Crippen LogP contribution in [0.4, 0.5) is 5.82 Å². The van der Waals surface area contributed by atoms with Gasteiger partial charge in [0.1, 0.15) is 12.1 Å². The number of benzene rings is 1. The Bertz CT molecular complexity index is 960. The number of anilines is 1. The van der Waals surface area contributed by atoms with E-state index in [9.17, 15) is 14.4 Å². The van der Waals surface area contributed by atoms with Crippen LogP contribution >= 0.6 is 0 Å². The predicted octanol–water partition coefficient (Wildman–Crippen LogP) is 2.06. The zero-order valence-corrected chi connectivity index (χ0v) is 19.6. The third-order valence-corrected chi connectivity index (χ3v) is 5.70. The lowest BCUT2D eigenvalue weighted by atomic mass is 10.0. The molecule has 9 nitrogen and oxygen atoms in total. The molecule has 1 fully saturated rings. The van der Waals surface area contributed by atoms with E-state index in [2.05, 4.69) is 15.6 Å². The molecule has 0 aliphatic carbocycles. The topological polar surface area (TPSA) is 122 Å². The summed E-state index contributed by atoms with van der Waals surface area (Å²) in [6.07, 6.45) is 6.39. The number of hydrogen-bond donors (Lipinski definition) is 3. The zero-order valence-electron chi connectivity index (χ0n) is 19.6. The van der Waals surface area contributed by atoms with E-state index in [1.54, 1.807) is 30.9 Å². The average Bonchev–Trinajstić information content (AvgIpc) is 3.46. The molecule has 4 N–H and O–H groups in total.